The lowest BCUT2D eigenvalue weighted by Crippen LogP contribution is -2.35. The predicted molar refractivity (Wildman–Crippen MR) is 64.2 cm³/mol. The second kappa shape index (κ2) is 5.26. The summed E-state index contributed by atoms with van der Waals surface area (Å²) < 4.78 is 18.3. The number of carboxylic acid groups (broad SMARTS) is 1. The van der Waals surface area contributed by atoms with Crippen LogP contribution in [0.2, 0.25) is 0 Å². The lowest BCUT2D eigenvalue weighted by atomic mass is 10.1. The molecule has 0 radical (unpaired) electrons. The summed E-state index contributed by atoms with van der Waals surface area (Å²) >= 11 is 0. The summed E-state index contributed by atoms with van der Waals surface area (Å²) in [5.41, 5.74) is 0.101. The van der Waals surface area contributed by atoms with Gasteiger partial charge in [0.15, 0.2) is 6.04 Å². The normalized spacial score (nSPS) is 15.7. The number of aliphatic carboxylic acids is 1. The van der Waals surface area contributed by atoms with Crippen molar-refractivity contribution in [3.63, 3.8) is 0 Å². The number of ether oxygens (including phenoxy) is 1. The fourth-order valence-electron chi connectivity index (χ4n) is 1.81. The molecule has 19 heavy (non-hydrogen) atoms. The highest BCUT2D eigenvalue weighted by atomic mass is 19.1. The van der Waals surface area contributed by atoms with Gasteiger partial charge >= 0.3 is 5.97 Å². The minimum Gasteiger partial charge on any atom is -0.496 e. The van der Waals surface area contributed by atoms with Crippen molar-refractivity contribution in [2.24, 2.45) is 5.92 Å². The Kier molecular flexibility index (Phi) is 3.69. The lowest BCUT2D eigenvalue weighted by Gasteiger charge is -2.17. The zero-order chi connectivity index (χ0) is 14.0. The molecule has 1 fully saturated rings. The molecule has 102 valence electrons. The summed E-state index contributed by atoms with van der Waals surface area (Å²) in [7, 11) is 1.36. The van der Waals surface area contributed by atoms with E-state index in [1.807, 2.05) is 0 Å². The average molecular weight is 267 g/mol. The summed E-state index contributed by atoms with van der Waals surface area (Å²) in [5, 5.41) is 11.6. The number of hydrogen-bond acceptors (Lipinski definition) is 3. The molecule has 0 bridgehead atoms. The highest BCUT2D eigenvalue weighted by Crippen LogP contribution is 2.31. The van der Waals surface area contributed by atoms with E-state index in [0.29, 0.717) is 0 Å². The van der Waals surface area contributed by atoms with Crippen LogP contribution in [0.25, 0.3) is 0 Å². The number of carbonyl (C=O) groups is 2. The molecule has 1 aromatic carbocycles. The number of rotatable bonds is 5. The van der Waals surface area contributed by atoms with Gasteiger partial charge in [0, 0.05) is 11.5 Å². The van der Waals surface area contributed by atoms with E-state index in [0.717, 1.165) is 18.9 Å². The van der Waals surface area contributed by atoms with E-state index in [1.165, 1.54) is 19.2 Å². The minimum atomic E-state index is -1.31. The fourth-order valence-corrected chi connectivity index (χ4v) is 1.81. The van der Waals surface area contributed by atoms with Crippen molar-refractivity contribution in [1.29, 1.82) is 0 Å². The molecule has 0 aromatic heterocycles. The first-order chi connectivity index (χ1) is 9.02. The van der Waals surface area contributed by atoms with Crippen molar-refractivity contribution >= 4 is 11.9 Å². The van der Waals surface area contributed by atoms with Crippen LogP contribution in [0.15, 0.2) is 18.2 Å². The van der Waals surface area contributed by atoms with Gasteiger partial charge in [-0.15, -0.1) is 0 Å². The first-order valence-electron chi connectivity index (χ1n) is 5.89. The summed E-state index contributed by atoms with van der Waals surface area (Å²) in [5.74, 6) is -2.05. The SMILES string of the molecule is COc1ccc(F)cc1C(NC(=O)C1CC1)C(=O)O. The average Bonchev–Trinajstić information content (AvgIpc) is 3.19. The quantitative estimate of drug-likeness (QED) is 0.847. The zero-order valence-corrected chi connectivity index (χ0v) is 10.4. The Bertz CT molecular complexity index is 513. The van der Waals surface area contributed by atoms with Gasteiger partial charge in [0.25, 0.3) is 0 Å². The van der Waals surface area contributed by atoms with Crippen LogP contribution in [0.1, 0.15) is 24.4 Å². The van der Waals surface area contributed by atoms with Gasteiger partial charge in [-0.3, -0.25) is 4.79 Å². The van der Waals surface area contributed by atoms with Gasteiger partial charge in [0.1, 0.15) is 11.6 Å². The van der Waals surface area contributed by atoms with Gasteiger partial charge in [-0.25, -0.2) is 9.18 Å². The first-order valence-corrected chi connectivity index (χ1v) is 5.89. The molecular formula is C13H14FNO4. The maximum Gasteiger partial charge on any atom is 0.331 e. The van der Waals surface area contributed by atoms with Crippen LogP contribution in [-0.2, 0) is 9.59 Å². The molecule has 1 aliphatic rings. The van der Waals surface area contributed by atoms with Crippen LogP contribution in [-0.4, -0.2) is 24.1 Å². The first kappa shape index (κ1) is 13.3. The number of methoxy groups -OCH3 is 1. The zero-order valence-electron chi connectivity index (χ0n) is 10.4. The van der Waals surface area contributed by atoms with Gasteiger partial charge in [-0.05, 0) is 31.0 Å². The topological polar surface area (TPSA) is 75.6 Å². The number of nitrogens with one attached hydrogen (secondary N) is 1. The lowest BCUT2D eigenvalue weighted by molar-refractivity contribution is -0.142. The summed E-state index contributed by atoms with van der Waals surface area (Å²) in [6.07, 6.45) is 1.52. The second-order valence-electron chi connectivity index (χ2n) is 4.44. The number of amides is 1. The van der Waals surface area contributed by atoms with Crippen LogP contribution in [0, 0.1) is 11.7 Å². The molecule has 1 atom stereocenters. The molecule has 0 aliphatic heterocycles. The second-order valence-corrected chi connectivity index (χ2v) is 4.44. The van der Waals surface area contributed by atoms with Crippen molar-refractivity contribution in [2.75, 3.05) is 7.11 Å². The molecule has 0 saturated heterocycles. The molecule has 0 spiro atoms. The number of hydrogen-bond donors (Lipinski definition) is 2. The van der Waals surface area contributed by atoms with E-state index < -0.39 is 17.8 Å². The smallest absolute Gasteiger partial charge is 0.331 e. The molecule has 5 nitrogen and oxygen atoms in total. The highest BCUT2D eigenvalue weighted by molar-refractivity contribution is 5.87. The van der Waals surface area contributed by atoms with Gasteiger partial charge in [-0.1, -0.05) is 0 Å². The third-order valence-corrected chi connectivity index (χ3v) is 2.98. The number of benzene rings is 1. The molecule has 2 N–H and O–H groups in total. The molecule has 0 heterocycles. The number of carbonyl (C=O) groups excluding carboxylic acids is 1. The van der Waals surface area contributed by atoms with Gasteiger partial charge in [-0.2, -0.15) is 0 Å². The van der Waals surface area contributed by atoms with Gasteiger partial charge in [0.05, 0.1) is 7.11 Å². The van der Waals surface area contributed by atoms with E-state index in [4.69, 9.17) is 4.74 Å². The maximum absolute atomic E-state index is 13.3. The van der Waals surface area contributed by atoms with E-state index in [9.17, 15) is 19.1 Å². The monoisotopic (exact) mass is 267 g/mol. The predicted octanol–water partition coefficient (Wildman–Crippen LogP) is 1.49. The number of halogens is 1. The van der Waals surface area contributed by atoms with E-state index >= 15 is 0 Å². The van der Waals surface area contributed by atoms with E-state index in [1.54, 1.807) is 0 Å². The summed E-state index contributed by atoms with van der Waals surface area (Å²) in [6, 6.07) is 2.26. The van der Waals surface area contributed by atoms with Gasteiger partial charge in [0.2, 0.25) is 5.91 Å². The fraction of sp³-hybridized carbons (Fsp3) is 0.385. The molecule has 6 heteroatoms. The molecule has 1 amide bonds. The van der Waals surface area contributed by atoms with E-state index in [-0.39, 0.29) is 23.1 Å². The van der Waals surface area contributed by atoms with Crippen molar-refractivity contribution in [2.45, 2.75) is 18.9 Å². The Morgan fingerprint density at radius 3 is 2.68 bits per heavy atom. The maximum atomic E-state index is 13.3. The standard InChI is InChI=1S/C13H14FNO4/c1-19-10-5-4-8(14)6-9(10)11(13(17)18)15-12(16)7-2-3-7/h4-7,11H,2-3H2,1H3,(H,15,16)(H,17,18). The molecule has 1 unspecified atom stereocenters. The van der Waals surface area contributed by atoms with Crippen LogP contribution in [0.5, 0.6) is 5.75 Å². The molecule has 1 saturated carbocycles. The minimum absolute atomic E-state index is 0.101. The van der Waals surface area contributed by atoms with Crippen LogP contribution < -0.4 is 10.1 Å². The van der Waals surface area contributed by atoms with Gasteiger partial charge < -0.3 is 15.2 Å². The molecular weight excluding hydrogens is 253 g/mol. The molecule has 1 aliphatic carbocycles. The molecule has 2 rings (SSSR count). The molecule has 1 aromatic rings. The third kappa shape index (κ3) is 3.01. The van der Waals surface area contributed by atoms with Crippen molar-refractivity contribution in [1.82, 2.24) is 5.32 Å². The van der Waals surface area contributed by atoms with Crippen molar-refractivity contribution in [3.05, 3.63) is 29.6 Å². The Hall–Kier alpha value is -2.11. The Morgan fingerprint density at radius 2 is 2.16 bits per heavy atom. The summed E-state index contributed by atoms with van der Waals surface area (Å²) in [6.45, 7) is 0. The van der Waals surface area contributed by atoms with Crippen LogP contribution in [0.4, 0.5) is 4.39 Å². The van der Waals surface area contributed by atoms with Crippen LogP contribution in [0.3, 0.4) is 0 Å². The van der Waals surface area contributed by atoms with E-state index in [2.05, 4.69) is 5.32 Å². The highest BCUT2D eigenvalue weighted by Gasteiger charge is 2.34. The Balaban J connectivity index is 2.29. The number of carboxylic acids is 1. The van der Waals surface area contributed by atoms with Crippen molar-refractivity contribution in [3.8, 4) is 5.75 Å². The Labute approximate surface area is 109 Å². The van der Waals surface area contributed by atoms with Crippen LogP contribution >= 0.6 is 0 Å². The third-order valence-electron chi connectivity index (χ3n) is 2.98. The summed E-state index contributed by atoms with van der Waals surface area (Å²) in [4.78, 5) is 22.9. The largest absolute Gasteiger partial charge is 0.496 e. The Morgan fingerprint density at radius 1 is 1.47 bits per heavy atom. The van der Waals surface area contributed by atoms with Crippen molar-refractivity contribution < 1.29 is 23.8 Å².